The number of rotatable bonds is 8. The summed E-state index contributed by atoms with van der Waals surface area (Å²) in [4.78, 5) is 4.56. The maximum Gasteiger partial charge on any atom is 0.191 e. The van der Waals surface area contributed by atoms with Gasteiger partial charge in [-0.2, -0.15) is 0 Å². The van der Waals surface area contributed by atoms with Gasteiger partial charge in [0.1, 0.15) is 5.75 Å². The molecule has 5 nitrogen and oxygen atoms in total. The summed E-state index contributed by atoms with van der Waals surface area (Å²) in [5.41, 5.74) is 3.36. The Hall–Kier alpha value is -1.80. The Morgan fingerprint density at radius 1 is 1.18 bits per heavy atom. The molecule has 2 unspecified atom stereocenters. The molecule has 0 heterocycles. The summed E-state index contributed by atoms with van der Waals surface area (Å²) in [6, 6.07) is 16.1. The summed E-state index contributed by atoms with van der Waals surface area (Å²) in [5, 5.41) is 17.0. The quantitative estimate of drug-likeness (QED) is 0.295. The first-order valence-corrected chi connectivity index (χ1v) is 9.44. The van der Waals surface area contributed by atoms with Crippen LogP contribution in [0.5, 0.6) is 5.75 Å². The predicted molar refractivity (Wildman–Crippen MR) is 127 cm³/mol. The Balaban J connectivity index is 0.00000392. The van der Waals surface area contributed by atoms with E-state index in [1.54, 1.807) is 7.11 Å². The number of aliphatic hydroxyl groups is 1. The summed E-state index contributed by atoms with van der Waals surface area (Å²) < 4.78 is 5.49. The lowest BCUT2D eigenvalue weighted by atomic mass is 10.0. The van der Waals surface area contributed by atoms with Crippen molar-refractivity contribution in [3.63, 3.8) is 0 Å². The Kier molecular flexibility index (Phi) is 10.9. The summed E-state index contributed by atoms with van der Waals surface area (Å²) in [7, 11) is 1.68. The van der Waals surface area contributed by atoms with Crippen LogP contribution < -0.4 is 15.4 Å². The van der Waals surface area contributed by atoms with Gasteiger partial charge in [-0.1, -0.05) is 48.0 Å². The van der Waals surface area contributed by atoms with Gasteiger partial charge in [0.2, 0.25) is 0 Å². The van der Waals surface area contributed by atoms with Crippen LogP contribution in [0.15, 0.2) is 53.5 Å². The van der Waals surface area contributed by atoms with Gasteiger partial charge < -0.3 is 20.5 Å². The SMILES string of the molecule is CCNC(=NCC(O)Cc1ccccc1)NC(C)c1cc(C)ccc1OC.I. The van der Waals surface area contributed by atoms with E-state index in [0.717, 1.165) is 23.4 Å². The predicted octanol–water partition coefficient (Wildman–Crippen LogP) is 3.84. The molecule has 0 bridgehead atoms. The molecule has 154 valence electrons. The average molecular weight is 497 g/mol. The molecule has 28 heavy (non-hydrogen) atoms. The Labute approximate surface area is 185 Å². The summed E-state index contributed by atoms with van der Waals surface area (Å²) in [6.07, 6.45) is 0.0667. The van der Waals surface area contributed by atoms with Crippen molar-refractivity contribution in [2.45, 2.75) is 39.3 Å². The lowest BCUT2D eigenvalue weighted by molar-refractivity contribution is 0.183. The van der Waals surface area contributed by atoms with Crippen molar-refractivity contribution >= 4 is 29.9 Å². The molecule has 0 radical (unpaired) electrons. The number of aryl methyl sites for hydroxylation is 1. The molecule has 0 saturated heterocycles. The van der Waals surface area contributed by atoms with E-state index in [0.29, 0.717) is 18.9 Å². The van der Waals surface area contributed by atoms with Crippen molar-refractivity contribution in [2.75, 3.05) is 20.2 Å². The van der Waals surface area contributed by atoms with Crippen LogP contribution in [0.25, 0.3) is 0 Å². The topological polar surface area (TPSA) is 65.9 Å². The Bertz CT molecular complexity index is 738. The second kappa shape index (κ2) is 12.6. The van der Waals surface area contributed by atoms with Gasteiger partial charge in [-0.25, -0.2) is 0 Å². The van der Waals surface area contributed by atoms with Crippen LogP contribution in [0.2, 0.25) is 0 Å². The normalized spacial score (nSPS) is 13.2. The van der Waals surface area contributed by atoms with Crippen LogP contribution in [-0.4, -0.2) is 37.4 Å². The first-order chi connectivity index (χ1) is 13.0. The number of aliphatic hydroxyl groups excluding tert-OH is 1. The highest BCUT2D eigenvalue weighted by Gasteiger charge is 2.14. The summed E-state index contributed by atoms with van der Waals surface area (Å²) in [5.74, 6) is 1.53. The van der Waals surface area contributed by atoms with Gasteiger partial charge in [0.25, 0.3) is 0 Å². The molecule has 0 aliphatic rings. The molecule has 2 rings (SSSR count). The van der Waals surface area contributed by atoms with Crippen LogP contribution in [0.1, 0.15) is 36.6 Å². The number of halogens is 1. The molecular weight excluding hydrogens is 465 g/mol. The molecule has 0 amide bonds. The smallest absolute Gasteiger partial charge is 0.191 e. The zero-order chi connectivity index (χ0) is 19.6. The number of ether oxygens (including phenoxy) is 1. The second-order valence-corrected chi connectivity index (χ2v) is 6.67. The van der Waals surface area contributed by atoms with Gasteiger partial charge in [-0.3, -0.25) is 4.99 Å². The van der Waals surface area contributed by atoms with Crippen LogP contribution in [0.4, 0.5) is 0 Å². The maximum absolute atomic E-state index is 10.3. The fourth-order valence-electron chi connectivity index (χ4n) is 2.94. The van der Waals surface area contributed by atoms with Gasteiger partial charge in [0, 0.05) is 18.5 Å². The molecule has 0 aromatic heterocycles. The van der Waals surface area contributed by atoms with E-state index in [9.17, 15) is 5.11 Å². The van der Waals surface area contributed by atoms with E-state index < -0.39 is 6.10 Å². The van der Waals surface area contributed by atoms with E-state index >= 15 is 0 Å². The fraction of sp³-hybridized carbons (Fsp3) is 0.409. The van der Waals surface area contributed by atoms with Crippen LogP contribution in [0.3, 0.4) is 0 Å². The number of benzene rings is 2. The van der Waals surface area contributed by atoms with E-state index in [-0.39, 0.29) is 30.0 Å². The largest absolute Gasteiger partial charge is 0.496 e. The van der Waals surface area contributed by atoms with E-state index in [1.165, 1.54) is 5.56 Å². The first-order valence-electron chi connectivity index (χ1n) is 9.44. The standard InChI is InChI=1S/C22H31N3O2.HI/c1-5-23-22(24-15-19(26)14-18-9-7-6-8-10-18)25-17(3)20-13-16(2)11-12-21(20)27-4;/h6-13,17,19,26H,5,14-15H2,1-4H3,(H2,23,24,25);1H. The number of hydrogen-bond donors (Lipinski definition) is 3. The average Bonchev–Trinajstić information content (AvgIpc) is 2.67. The number of aliphatic imine (C=N–C) groups is 1. The van der Waals surface area contributed by atoms with Crippen LogP contribution in [-0.2, 0) is 6.42 Å². The highest BCUT2D eigenvalue weighted by Crippen LogP contribution is 2.25. The molecule has 2 aromatic carbocycles. The van der Waals surface area contributed by atoms with Crippen molar-refractivity contribution in [1.29, 1.82) is 0 Å². The third-order valence-corrected chi connectivity index (χ3v) is 4.32. The lowest BCUT2D eigenvalue weighted by Crippen LogP contribution is -2.39. The van der Waals surface area contributed by atoms with Gasteiger partial charge in [-0.05, 0) is 32.4 Å². The number of guanidine groups is 1. The molecule has 3 N–H and O–H groups in total. The van der Waals surface area contributed by atoms with E-state index in [2.05, 4.69) is 35.5 Å². The van der Waals surface area contributed by atoms with Crippen molar-refractivity contribution in [2.24, 2.45) is 4.99 Å². The molecule has 2 atom stereocenters. The second-order valence-electron chi connectivity index (χ2n) is 6.67. The molecule has 0 saturated carbocycles. The van der Waals surface area contributed by atoms with Crippen molar-refractivity contribution in [1.82, 2.24) is 10.6 Å². The summed E-state index contributed by atoms with van der Waals surface area (Å²) in [6.45, 7) is 7.25. The Morgan fingerprint density at radius 2 is 1.89 bits per heavy atom. The number of nitrogens with one attached hydrogen (secondary N) is 2. The highest BCUT2D eigenvalue weighted by molar-refractivity contribution is 14.0. The van der Waals surface area contributed by atoms with E-state index in [1.807, 2.05) is 49.4 Å². The molecule has 0 spiro atoms. The molecule has 6 heteroatoms. The Morgan fingerprint density at radius 3 is 2.54 bits per heavy atom. The third kappa shape index (κ3) is 7.67. The molecule has 2 aromatic rings. The third-order valence-electron chi connectivity index (χ3n) is 4.32. The minimum absolute atomic E-state index is 0. The number of hydrogen-bond acceptors (Lipinski definition) is 3. The van der Waals surface area contributed by atoms with Crippen molar-refractivity contribution < 1.29 is 9.84 Å². The zero-order valence-electron chi connectivity index (χ0n) is 17.1. The van der Waals surface area contributed by atoms with Gasteiger partial charge >= 0.3 is 0 Å². The van der Waals surface area contributed by atoms with Crippen molar-refractivity contribution in [3.05, 3.63) is 65.2 Å². The van der Waals surface area contributed by atoms with Crippen LogP contribution >= 0.6 is 24.0 Å². The molecule has 0 aliphatic carbocycles. The maximum atomic E-state index is 10.3. The molecular formula is C22H32IN3O2. The lowest BCUT2D eigenvalue weighted by Gasteiger charge is -2.21. The van der Waals surface area contributed by atoms with Gasteiger partial charge in [-0.15, -0.1) is 24.0 Å². The monoisotopic (exact) mass is 497 g/mol. The minimum atomic E-state index is -0.522. The van der Waals surface area contributed by atoms with Crippen molar-refractivity contribution in [3.8, 4) is 5.75 Å². The van der Waals surface area contributed by atoms with Gasteiger partial charge in [0.05, 0.1) is 25.8 Å². The van der Waals surface area contributed by atoms with Gasteiger partial charge in [0.15, 0.2) is 5.96 Å². The molecule has 0 fully saturated rings. The first kappa shape index (κ1) is 24.2. The van der Waals surface area contributed by atoms with Crippen LogP contribution in [0, 0.1) is 6.92 Å². The number of methoxy groups -OCH3 is 1. The van der Waals surface area contributed by atoms with E-state index in [4.69, 9.17) is 4.74 Å². The minimum Gasteiger partial charge on any atom is -0.496 e. The molecule has 0 aliphatic heterocycles. The zero-order valence-corrected chi connectivity index (χ0v) is 19.4. The number of nitrogens with zero attached hydrogens (tertiary/aromatic N) is 1. The summed E-state index contributed by atoms with van der Waals surface area (Å²) >= 11 is 0. The highest BCUT2D eigenvalue weighted by atomic mass is 127. The fourth-order valence-corrected chi connectivity index (χ4v) is 2.94.